The summed E-state index contributed by atoms with van der Waals surface area (Å²) in [6.45, 7) is 8.54. The zero-order valence-electron chi connectivity index (χ0n) is 15.3. The van der Waals surface area contributed by atoms with Crippen molar-refractivity contribution in [1.82, 2.24) is 10.2 Å². The summed E-state index contributed by atoms with van der Waals surface area (Å²) in [4.78, 5) is 13.9. The molecule has 1 aliphatic heterocycles. The normalized spacial score (nSPS) is 27.0. The summed E-state index contributed by atoms with van der Waals surface area (Å²) in [7, 11) is 0. The lowest BCUT2D eigenvalue weighted by Crippen LogP contribution is -2.44. The van der Waals surface area contributed by atoms with Gasteiger partial charge < -0.3 is 15.0 Å². The second-order valence-electron chi connectivity index (χ2n) is 8.04. The number of hydrogen-bond donors (Lipinski definition) is 1. The Bertz CT molecular complexity index is 376. The summed E-state index contributed by atoms with van der Waals surface area (Å²) in [6.07, 6.45) is 9.65. The van der Waals surface area contributed by atoms with E-state index in [4.69, 9.17) is 4.74 Å². The molecular formula is C18H34N2O2S. The van der Waals surface area contributed by atoms with Crippen LogP contribution in [-0.4, -0.2) is 53.8 Å². The molecule has 0 radical (unpaired) electrons. The molecule has 2 atom stereocenters. The van der Waals surface area contributed by atoms with E-state index in [1.807, 2.05) is 37.4 Å². The van der Waals surface area contributed by atoms with Crippen LogP contribution >= 0.6 is 11.8 Å². The first-order valence-electron chi connectivity index (χ1n) is 9.11. The Morgan fingerprint density at radius 1 is 1.22 bits per heavy atom. The van der Waals surface area contributed by atoms with Crippen LogP contribution < -0.4 is 5.32 Å². The molecule has 0 spiro atoms. The van der Waals surface area contributed by atoms with Crippen molar-refractivity contribution in [2.75, 3.05) is 25.9 Å². The van der Waals surface area contributed by atoms with E-state index in [-0.39, 0.29) is 6.09 Å². The van der Waals surface area contributed by atoms with Crippen LogP contribution in [0.5, 0.6) is 0 Å². The Kier molecular flexibility index (Phi) is 7.08. The third-order valence-corrected chi connectivity index (χ3v) is 6.02. The SMILES string of the molecule is CSC1CCCC(NCC2CCN(C(=O)OC(C)(C)C)CC2)C1. The van der Waals surface area contributed by atoms with E-state index < -0.39 is 5.60 Å². The first kappa shape index (κ1) is 18.9. The maximum absolute atomic E-state index is 12.1. The minimum Gasteiger partial charge on any atom is -0.444 e. The van der Waals surface area contributed by atoms with E-state index in [1.165, 1.54) is 25.7 Å². The van der Waals surface area contributed by atoms with Crippen molar-refractivity contribution in [2.24, 2.45) is 5.92 Å². The van der Waals surface area contributed by atoms with E-state index in [2.05, 4.69) is 11.6 Å². The van der Waals surface area contributed by atoms with Gasteiger partial charge in [-0.05, 0) is 71.6 Å². The van der Waals surface area contributed by atoms with Gasteiger partial charge in [0.05, 0.1) is 0 Å². The Balaban J connectivity index is 1.66. The van der Waals surface area contributed by atoms with Crippen LogP contribution in [0.4, 0.5) is 4.79 Å². The Hall–Kier alpha value is -0.420. The van der Waals surface area contributed by atoms with E-state index in [0.29, 0.717) is 12.0 Å². The molecule has 1 saturated heterocycles. The van der Waals surface area contributed by atoms with Crippen molar-refractivity contribution in [1.29, 1.82) is 0 Å². The average Bonchev–Trinajstić information content (AvgIpc) is 2.52. The van der Waals surface area contributed by atoms with E-state index in [0.717, 1.165) is 37.7 Å². The van der Waals surface area contributed by atoms with Gasteiger partial charge in [0.2, 0.25) is 0 Å². The standard InChI is InChI=1S/C18H34N2O2S/c1-18(2,3)22-17(21)20-10-8-14(9-11-20)13-19-15-6-5-7-16(12-15)23-4/h14-16,19H,5-13H2,1-4H3. The number of thioether (sulfide) groups is 1. The Morgan fingerprint density at radius 3 is 2.52 bits per heavy atom. The highest BCUT2D eigenvalue weighted by atomic mass is 32.2. The van der Waals surface area contributed by atoms with Gasteiger partial charge in [-0.15, -0.1) is 0 Å². The summed E-state index contributed by atoms with van der Waals surface area (Å²) in [5.41, 5.74) is -0.399. The molecule has 1 aliphatic carbocycles. The van der Waals surface area contributed by atoms with Gasteiger partial charge in [-0.2, -0.15) is 11.8 Å². The molecule has 1 N–H and O–H groups in total. The molecule has 134 valence electrons. The largest absolute Gasteiger partial charge is 0.444 e. The topological polar surface area (TPSA) is 41.6 Å². The fourth-order valence-corrected chi connectivity index (χ4v) is 4.35. The van der Waals surface area contributed by atoms with E-state index in [9.17, 15) is 4.79 Å². The summed E-state index contributed by atoms with van der Waals surface area (Å²) < 4.78 is 5.46. The van der Waals surface area contributed by atoms with Crippen LogP contribution in [0.3, 0.4) is 0 Å². The molecular weight excluding hydrogens is 308 g/mol. The molecule has 2 fully saturated rings. The predicted molar refractivity (Wildman–Crippen MR) is 98.1 cm³/mol. The van der Waals surface area contributed by atoms with Gasteiger partial charge in [0.1, 0.15) is 5.60 Å². The molecule has 0 aromatic heterocycles. The van der Waals surface area contributed by atoms with Crippen LogP contribution in [0.2, 0.25) is 0 Å². The summed E-state index contributed by atoms with van der Waals surface area (Å²) in [5.74, 6) is 0.698. The van der Waals surface area contributed by atoms with Crippen molar-refractivity contribution in [3.8, 4) is 0 Å². The highest BCUT2D eigenvalue weighted by molar-refractivity contribution is 7.99. The fourth-order valence-electron chi connectivity index (χ4n) is 3.52. The number of nitrogens with one attached hydrogen (secondary N) is 1. The summed E-state index contributed by atoms with van der Waals surface area (Å²) in [5, 5.41) is 4.63. The first-order valence-corrected chi connectivity index (χ1v) is 10.4. The monoisotopic (exact) mass is 342 g/mol. The maximum Gasteiger partial charge on any atom is 0.410 e. The molecule has 0 aromatic carbocycles. The predicted octanol–water partition coefficient (Wildman–Crippen LogP) is 3.90. The number of piperidine rings is 1. The lowest BCUT2D eigenvalue weighted by Gasteiger charge is -2.35. The molecule has 0 aromatic rings. The van der Waals surface area contributed by atoms with E-state index in [1.54, 1.807) is 0 Å². The second kappa shape index (κ2) is 8.61. The number of carbonyl (C=O) groups is 1. The number of amides is 1. The first-order chi connectivity index (χ1) is 10.9. The molecule has 5 heteroatoms. The molecule has 2 aliphatic rings. The molecule has 23 heavy (non-hydrogen) atoms. The van der Waals surface area contributed by atoms with Crippen LogP contribution in [0.1, 0.15) is 59.3 Å². The van der Waals surface area contributed by atoms with E-state index >= 15 is 0 Å². The van der Waals surface area contributed by atoms with Crippen molar-refractivity contribution in [2.45, 2.75) is 76.2 Å². The van der Waals surface area contributed by atoms with Crippen molar-refractivity contribution >= 4 is 17.9 Å². The minimum atomic E-state index is -0.399. The Labute approximate surface area is 146 Å². The van der Waals surface area contributed by atoms with Gasteiger partial charge in [0.15, 0.2) is 0 Å². The third kappa shape index (κ3) is 6.54. The zero-order chi connectivity index (χ0) is 16.9. The molecule has 1 amide bonds. The maximum atomic E-state index is 12.1. The quantitative estimate of drug-likeness (QED) is 0.841. The molecule has 0 bridgehead atoms. The smallest absolute Gasteiger partial charge is 0.410 e. The van der Waals surface area contributed by atoms with Gasteiger partial charge in [0.25, 0.3) is 0 Å². The van der Waals surface area contributed by atoms with Crippen LogP contribution in [0.25, 0.3) is 0 Å². The zero-order valence-corrected chi connectivity index (χ0v) is 16.1. The summed E-state index contributed by atoms with van der Waals surface area (Å²) >= 11 is 2.02. The molecule has 2 rings (SSSR count). The second-order valence-corrected chi connectivity index (χ2v) is 9.18. The fraction of sp³-hybridized carbons (Fsp3) is 0.944. The summed E-state index contributed by atoms with van der Waals surface area (Å²) in [6, 6.07) is 0.699. The highest BCUT2D eigenvalue weighted by Crippen LogP contribution is 2.27. The molecule has 1 heterocycles. The lowest BCUT2D eigenvalue weighted by molar-refractivity contribution is 0.0183. The number of rotatable bonds is 4. The van der Waals surface area contributed by atoms with Crippen LogP contribution in [0.15, 0.2) is 0 Å². The number of carbonyl (C=O) groups excluding carboxylic acids is 1. The Morgan fingerprint density at radius 2 is 1.91 bits per heavy atom. The van der Waals surface area contributed by atoms with Crippen molar-refractivity contribution < 1.29 is 9.53 Å². The highest BCUT2D eigenvalue weighted by Gasteiger charge is 2.27. The van der Waals surface area contributed by atoms with Crippen LogP contribution in [0, 0.1) is 5.92 Å². The number of hydrogen-bond acceptors (Lipinski definition) is 4. The number of nitrogens with zero attached hydrogens (tertiary/aromatic N) is 1. The van der Waals surface area contributed by atoms with Crippen molar-refractivity contribution in [3.63, 3.8) is 0 Å². The third-order valence-electron chi connectivity index (χ3n) is 4.92. The van der Waals surface area contributed by atoms with Crippen molar-refractivity contribution in [3.05, 3.63) is 0 Å². The number of likely N-dealkylation sites (tertiary alicyclic amines) is 1. The molecule has 1 saturated carbocycles. The van der Waals surface area contributed by atoms with Gasteiger partial charge in [-0.25, -0.2) is 4.79 Å². The molecule has 2 unspecified atom stereocenters. The molecule has 4 nitrogen and oxygen atoms in total. The van der Waals surface area contributed by atoms with Gasteiger partial charge in [-0.3, -0.25) is 0 Å². The van der Waals surface area contributed by atoms with Gasteiger partial charge >= 0.3 is 6.09 Å². The minimum absolute atomic E-state index is 0.154. The lowest BCUT2D eigenvalue weighted by atomic mass is 9.92. The van der Waals surface area contributed by atoms with Gasteiger partial charge in [0, 0.05) is 24.4 Å². The van der Waals surface area contributed by atoms with Crippen LogP contribution in [-0.2, 0) is 4.74 Å². The average molecular weight is 343 g/mol. The van der Waals surface area contributed by atoms with Gasteiger partial charge in [-0.1, -0.05) is 6.42 Å². The number of ether oxygens (including phenoxy) is 1.